The number of ether oxygens (including phenoxy) is 1. The lowest BCUT2D eigenvalue weighted by Gasteiger charge is -2.19. The van der Waals surface area contributed by atoms with Crippen LogP contribution in [0.25, 0.3) is 0 Å². The predicted molar refractivity (Wildman–Crippen MR) is 106 cm³/mol. The normalized spacial score (nSPS) is 13.5. The van der Waals surface area contributed by atoms with Crippen LogP contribution in [0.1, 0.15) is 28.8 Å². The van der Waals surface area contributed by atoms with Crippen LogP contribution in [0.4, 0.5) is 5.69 Å². The fraction of sp³-hybridized carbons (Fsp3) is 0.286. The Balaban J connectivity index is 1.60. The number of amides is 2. The number of esters is 1. The van der Waals surface area contributed by atoms with E-state index in [1.165, 1.54) is 17.0 Å². The van der Waals surface area contributed by atoms with Crippen LogP contribution in [-0.4, -0.2) is 42.9 Å². The zero-order valence-corrected chi connectivity index (χ0v) is 16.3. The Morgan fingerprint density at radius 2 is 1.93 bits per heavy atom. The van der Waals surface area contributed by atoms with Gasteiger partial charge in [0.05, 0.1) is 16.3 Å². The molecule has 2 aromatic carbocycles. The molecule has 1 fully saturated rings. The van der Waals surface area contributed by atoms with Gasteiger partial charge in [0.2, 0.25) is 5.91 Å². The van der Waals surface area contributed by atoms with Gasteiger partial charge in [-0.25, -0.2) is 4.79 Å². The maximum absolute atomic E-state index is 12.4. The number of nitrogens with zero attached hydrogens (tertiary/aromatic N) is 2. The van der Waals surface area contributed by atoms with Gasteiger partial charge in [-0.1, -0.05) is 41.9 Å². The minimum absolute atomic E-state index is 0.0230. The minimum Gasteiger partial charge on any atom is -0.452 e. The Bertz CT molecular complexity index is 885. The summed E-state index contributed by atoms with van der Waals surface area (Å²) in [6, 6.07) is 14.2. The summed E-state index contributed by atoms with van der Waals surface area (Å²) in [4.78, 5) is 39.6. The Labute approximate surface area is 168 Å². The number of carbonyl (C=O) groups is 3. The molecule has 0 spiro atoms. The maximum Gasteiger partial charge on any atom is 0.338 e. The van der Waals surface area contributed by atoms with Crippen LogP contribution in [0.15, 0.2) is 48.5 Å². The van der Waals surface area contributed by atoms with Crippen LogP contribution in [0.2, 0.25) is 5.02 Å². The SMILES string of the molecule is CN(Cc1ccccc1)C(=O)COC(=O)c1ccc(Cl)c(N2CCCC2=O)c1. The fourth-order valence-electron chi connectivity index (χ4n) is 3.02. The molecule has 2 aromatic rings. The van der Waals surface area contributed by atoms with E-state index in [9.17, 15) is 14.4 Å². The van der Waals surface area contributed by atoms with E-state index in [1.807, 2.05) is 30.3 Å². The van der Waals surface area contributed by atoms with E-state index in [4.69, 9.17) is 16.3 Å². The second-order valence-corrected chi connectivity index (χ2v) is 7.03. The number of halogens is 1. The molecule has 0 aromatic heterocycles. The summed E-state index contributed by atoms with van der Waals surface area (Å²) in [6.45, 7) is 0.641. The van der Waals surface area contributed by atoms with Crippen molar-refractivity contribution in [1.82, 2.24) is 4.90 Å². The summed E-state index contributed by atoms with van der Waals surface area (Å²) in [6.07, 6.45) is 1.22. The Morgan fingerprint density at radius 1 is 1.18 bits per heavy atom. The van der Waals surface area contributed by atoms with Crippen LogP contribution in [0, 0.1) is 0 Å². The molecule has 0 bridgehead atoms. The first-order valence-electron chi connectivity index (χ1n) is 9.00. The standard InChI is InChI=1S/C21H21ClN2O4/c1-23(13-15-6-3-2-4-7-15)20(26)14-28-21(27)16-9-10-17(22)18(12-16)24-11-5-8-19(24)25/h2-4,6-7,9-10,12H,5,8,11,13-14H2,1H3. The lowest BCUT2D eigenvalue weighted by molar-refractivity contribution is -0.133. The van der Waals surface area contributed by atoms with E-state index in [2.05, 4.69) is 0 Å². The van der Waals surface area contributed by atoms with Crippen LogP contribution >= 0.6 is 11.6 Å². The first-order valence-corrected chi connectivity index (χ1v) is 9.38. The van der Waals surface area contributed by atoms with Gasteiger partial charge in [0.25, 0.3) is 5.91 Å². The quantitative estimate of drug-likeness (QED) is 0.698. The molecule has 0 aliphatic carbocycles. The molecule has 0 unspecified atom stereocenters. The third-order valence-corrected chi connectivity index (χ3v) is 4.88. The van der Waals surface area contributed by atoms with E-state index < -0.39 is 5.97 Å². The fourth-order valence-corrected chi connectivity index (χ4v) is 3.24. The van der Waals surface area contributed by atoms with Crippen molar-refractivity contribution >= 4 is 35.1 Å². The smallest absolute Gasteiger partial charge is 0.338 e. The lowest BCUT2D eigenvalue weighted by Crippen LogP contribution is -2.30. The topological polar surface area (TPSA) is 66.9 Å². The number of benzene rings is 2. The summed E-state index contributed by atoms with van der Waals surface area (Å²) < 4.78 is 5.16. The van der Waals surface area contributed by atoms with Crippen LogP contribution in [0.3, 0.4) is 0 Å². The summed E-state index contributed by atoms with van der Waals surface area (Å²) in [5.41, 5.74) is 1.73. The van der Waals surface area contributed by atoms with E-state index >= 15 is 0 Å². The van der Waals surface area contributed by atoms with E-state index in [-0.39, 0.29) is 24.0 Å². The van der Waals surface area contributed by atoms with Crippen LogP contribution in [-0.2, 0) is 20.9 Å². The highest BCUT2D eigenvalue weighted by Gasteiger charge is 2.25. The highest BCUT2D eigenvalue weighted by Crippen LogP contribution is 2.30. The third-order valence-electron chi connectivity index (χ3n) is 4.56. The average Bonchev–Trinajstić information content (AvgIpc) is 3.12. The number of hydrogen-bond acceptors (Lipinski definition) is 4. The summed E-state index contributed by atoms with van der Waals surface area (Å²) in [7, 11) is 1.66. The monoisotopic (exact) mass is 400 g/mol. The Morgan fingerprint density at radius 3 is 2.61 bits per heavy atom. The van der Waals surface area contributed by atoms with Gasteiger partial charge in [0, 0.05) is 26.6 Å². The number of anilines is 1. The molecule has 0 atom stereocenters. The molecule has 0 radical (unpaired) electrons. The molecule has 1 aliphatic rings. The van der Waals surface area contributed by atoms with Gasteiger partial charge in [0.1, 0.15) is 0 Å². The van der Waals surface area contributed by atoms with Gasteiger partial charge in [-0.05, 0) is 30.2 Å². The first kappa shape index (κ1) is 19.9. The first-order chi connectivity index (χ1) is 13.5. The van der Waals surface area contributed by atoms with E-state index in [1.54, 1.807) is 18.0 Å². The highest BCUT2D eigenvalue weighted by atomic mass is 35.5. The summed E-state index contributed by atoms with van der Waals surface area (Å²) in [5.74, 6) is -0.961. The molecule has 1 saturated heterocycles. The third kappa shape index (κ3) is 4.70. The highest BCUT2D eigenvalue weighted by molar-refractivity contribution is 6.34. The van der Waals surface area contributed by atoms with Crippen molar-refractivity contribution in [3.05, 3.63) is 64.7 Å². The molecule has 7 heteroatoms. The van der Waals surface area contributed by atoms with Gasteiger partial charge in [-0.2, -0.15) is 0 Å². The summed E-state index contributed by atoms with van der Waals surface area (Å²) >= 11 is 6.19. The van der Waals surface area contributed by atoms with Gasteiger partial charge in [0.15, 0.2) is 6.61 Å². The molecule has 0 saturated carbocycles. The molecular weight excluding hydrogens is 380 g/mol. The molecule has 6 nitrogen and oxygen atoms in total. The zero-order valence-electron chi connectivity index (χ0n) is 15.6. The zero-order chi connectivity index (χ0) is 20.1. The molecule has 1 heterocycles. The van der Waals surface area contributed by atoms with E-state index in [0.717, 1.165) is 12.0 Å². The molecule has 2 amide bonds. The van der Waals surface area contributed by atoms with E-state index in [0.29, 0.717) is 30.2 Å². The molecule has 146 valence electrons. The second kappa shape index (κ2) is 8.89. The average molecular weight is 401 g/mol. The van der Waals surface area contributed by atoms with Crippen molar-refractivity contribution in [2.24, 2.45) is 0 Å². The second-order valence-electron chi connectivity index (χ2n) is 6.63. The molecule has 1 aliphatic heterocycles. The van der Waals surface area contributed by atoms with Gasteiger partial charge in [-0.3, -0.25) is 9.59 Å². The van der Waals surface area contributed by atoms with Crippen LogP contribution < -0.4 is 4.90 Å². The molecular formula is C21H21ClN2O4. The lowest BCUT2D eigenvalue weighted by atomic mass is 10.2. The van der Waals surface area contributed by atoms with Crippen molar-refractivity contribution in [3.63, 3.8) is 0 Å². The number of likely N-dealkylation sites (N-methyl/N-ethyl adjacent to an activating group) is 1. The maximum atomic E-state index is 12.4. The molecule has 28 heavy (non-hydrogen) atoms. The number of hydrogen-bond donors (Lipinski definition) is 0. The van der Waals surface area contributed by atoms with Crippen molar-refractivity contribution in [2.75, 3.05) is 25.1 Å². The van der Waals surface area contributed by atoms with Gasteiger partial charge < -0.3 is 14.5 Å². The Hall–Kier alpha value is -2.86. The summed E-state index contributed by atoms with van der Waals surface area (Å²) in [5, 5.41) is 0.394. The van der Waals surface area contributed by atoms with Crippen molar-refractivity contribution in [3.8, 4) is 0 Å². The van der Waals surface area contributed by atoms with Crippen molar-refractivity contribution < 1.29 is 19.1 Å². The Kier molecular flexibility index (Phi) is 6.31. The number of carbonyl (C=O) groups excluding carboxylic acids is 3. The minimum atomic E-state index is -0.633. The van der Waals surface area contributed by atoms with Gasteiger partial charge >= 0.3 is 5.97 Å². The van der Waals surface area contributed by atoms with Crippen LogP contribution in [0.5, 0.6) is 0 Å². The van der Waals surface area contributed by atoms with Crippen molar-refractivity contribution in [1.29, 1.82) is 0 Å². The van der Waals surface area contributed by atoms with Gasteiger partial charge in [-0.15, -0.1) is 0 Å². The largest absolute Gasteiger partial charge is 0.452 e. The number of rotatable bonds is 6. The predicted octanol–water partition coefficient (Wildman–Crippen LogP) is 3.28. The van der Waals surface area contributed by atoms with Crippen molar-refractivity contribution in [2.45, 2.75) is 19.4 Å². The molecule has 0 N–H and O–H groups in total. The molecule has 3 rings (SSSR count).